The van der Waals surface area contributed by atoms with E-state index in [-0.39, 0.29) is 23.9 Å². The topological polar surface area (TPSA) is 124 Å². The van der Waals surface area contributed by atoms with Crippen molar-refractivity contribution in [3.8, 4) is 0 Å². The summed E-state index contributed by atoms with van der Waals surface area (Å²) in [6.07, 6.45) is 1.46. The molecule has 0 unspecified atom stereocenters. The van der Waals surface area contributed by atoms with Gasteiger partial charge in [0, 0.05) is 25.9 Å². The molecule has 0 bridgehead atoms. The van der Waals surface area contributed by atoms with Crippen LogP contribution in [0.2, 0.25) is 0 Å². The van der Waals surface area contributed by atoms with Crippen LogP contribution in [-0.2, 0) is 18.9 Å². The molecule has 2 aromatic heterocycles. The summed E-state index contributed by atoms with van der Waals surface area (Å²) in [5.74, 6) is -0.0267. The third-order valence-electron chi connectivity index (χ3n) is 3.72. The summed E-state index contributed by atoms with van der Waals surface area (Å²) in [6, 6.07) is 0. The molecule has 2 rings (SSSR count). The van der Waals surface area contributed by atoms with Gasteiger partial charge in [0.2, 0.25) is 11.8 Å². The molecule has 2 N–H and O–H groups in total. The van der Waals surface area contributed by atoms with Crippen molar-refractivity contribution in [2.24, 2.45) is 19.1 Å². The van der Waals surface area contributed by atoms with Crippen molar-refractivity contribution < 1.29 is 9.32 Å². The minimum atomic E-state index is -0.566. The van der Waals surface area contributed by atoms with Crippen LogP contribution >= 0.6 is 0 Å². The molecule has 2 aromatic rings. The number of rotatable bonds is 5. The summed E-state index contributed by atoms with van der Waals surface area (Å²) in [5, 5.41) is 9.06. The molecule has 10 nitrogen and oxygen atoms in total. The Morgan fingerprint density at radius 3 is 2.52 bits per heavy atom. The predicted octanol–water partition coefficient (Wildman–Crippen LogP) is 0.462. The molecule has 0 saturated carbocycles. The molecular weight excluding hydrogens is 328 g/mol. The lowest BCUT2D eigenvalue weighted by Crippen LogP contribution is -2.39. The first-order valence-electron chi connectivity index (χ1n) is 7.53. The van der Waals surface area contributed by atoms with E-state index >= 15 is 0 Å². The van der Waals surface area contributed by atoms with Crippen LogP contribution < -0.4 is 21.9 Å². The van der Waals surface area contributed by atoms with Crippen LogP contribution in [-0.4, -0.2) is 33.0 Å². The minimum absolute atomic E-state index is 0.0586. The zero-order chi connectivity index (χ0) is 18.7. The second kappa shape index (κ2) is 7.16. The number of nitrogens with one attached hydrogen (secondary N) is 2. The van der Waals surface area contributed by atoms with Gasteiger partial charge in [-0.05, 0) is 20.8 Å². The lowest BCUT2D eigenvalue weighted by atomic mass is 10.3. The molecule has 0 aliphatic heterocycles. The molecule has 1 amide bonds. The van der Waals surface area contributed by atoms with Gasteiger partial charge in [-0.3, -0.25) is 24.0 Å². The SMILES string of the molecule is C/C=N\c1c(NCC(=O)Nc2onc(C)c2C)c(=O)n(C)c(=O)n1C. The van der Waals surface area contributed by atoms with Crippen LogP contribution in [0.5, 0.6) is 0 Å². The highest BCUT2D eigenvalue weighted by atomic mass is 16.5. The number of carbonyl (C=O) groups is 1. The number of amides is 1. The maximum atomic E-state index is 12.3. The Morgan fingerprint density at radius 1 is 1.28 bits per heavy atom. The van der Waals surface area contributed by atoms with Gasteiger partial charge >= 0.3 is 5.69 Å². The van der Waals surface area contributed by atoms with Gasteiger partial charge in [-0.25, -0.2) is 9.79 Å². The van der Waals surface area contributed by atoms with E-state index in [9.17, 15) is 14.4 Å². The van der Waals surface area contributed by atoms with Crippen LogP contribution in [0.3, 0.4) is 0 Å². The highest BCUT2D eigenvalue weighted by Gasteiger charge is 2.17. The van der Waals surface area contributed by atoms with Crippen LogP contribution in [0.1, 0.15) is 18.2 Å². The summed E-state index contributed by atoms with van der Waals surface area (Å²) in [5.41, 5.74) is 0.386. The number of aromatic nitrogens is 3. The van der Waals surface area contributed by atoms with Crippen molar-refractivity contribution in [3.63, 3.8) is 0 Å². The number of hydrogen-bond donors (Lipinski definition) is 2. The third kappa shape index (κ3) is 3.52. The first-order valence-corrected chi connectivity index (χ1v) is 7.53. The van der Waals surface area contributed by atoms with Gasteiger partial charge in [-0.2, -0.15) is 0 Å². The molecule has 2 heterocycles. The van der Waals surface area contributed by atoms with Crippen LogP contribution in [0.4, 0.5) is 17.4 Å². The maximum absolute atomic E-state index is 12.3. The van der Waals surface area contributed by atoms with Gasteiger partial charge in [-0.15, -0.1) is 0 Å². The highest BCUT2D eigenvalue weighted by molar-refractivity contribution is 5.93. The average Bonchev–Trinajstić information content (AvgIpc) is 2.89. The van der Waals surface area contributed by atoms with Crippen LogP contribution in [0, 0.1) is 13.8 Å². The van der Waals surface area contributed by atoms with Crippen molar-refractivity contribution in [2.45, 2.75) is 20.8 Å². The standard InChI is InChI=1S/C15H20N6O4/c1-6-16-12-11(14(23)21(5)15(24)20(12)4)17-7-10(22)18-13-8(2)9(3)19-25-13/h6,17H,7H2,1-5H3,(H,18,22)/b16-6-. The van der Waals surface area contributed by atoms with E-state index in [1.807, 2.05) is 0 Å². The Hall–Kier alpha value is -3.17. The fourth-order valence-corrected chi connectivity index (χ4v) is 2.13. The molecule has 0 radical (unpaired) electrons. The quantitative estimate of drug-likeness (QED) is 0.757. The zero-order valence-electron chi connectivity index (χ0n) is 14.7. The first-order chi connectivity index (χ1) is 11.8. The molecule has 0 spiro atoms. The summed E-state index contributed by atoms with van der Waals surface area (Å²) in [6.45, 7) is 4.98. The summed E-state index contributed by atoms with van der Waals surface area (Å²) < 4.78 is 7.18. The number of hydrogen-bond acceptors (Lipinski definition) is 7. The van der Waals surface area contributed by atoms with Crippen LogP contribution in [0.15, 0.2) is 19.1 Å². The first kappa shape index (κ1) is 18.2. The number of aliphatic imine (C=N–C) groups is 1. The normalized spacial score (nSPS) is 11.1. The predicted molar refractivity (Wildman–Crippen MR) is 93.8 cm³/mol. The van der Waals surface area contributed by atoms with Gasteiger partial charge < -0.3 is 9.84 Å². The Balaban J connectivity index is 2.25. The lowest BCUT2D eigenvalue weighted by molar-refractivity contribution is -0.114. The number of nitrogens with zero attached hydrogens (tertiary/aromatic N) is 4. The second-order valence-corrected chi connectivity index (χ2v) is 5.42. The Labute approximate surface area is 143 Å². The largest absolute Gasteiger partial charge is 0.369 e. The van der Waals surface area contributed by atoms with Crippen molar-refractivity contribution in [3.05, 3.63) is 32.1 Å². The molecule has 0 fully saturated rings. The fourth-order valence-electron chi connectivity index (χ4n) is 2.13. The number of carbonyl (C=O) groups excluding carboxylic acids is 1. The third-order valence-corrected chi connectivity index (χ3v) is 3.72. The van der Waals surface area contributed by atoms with E-state index in [2.05, 4.69) is 20.8 Å². The van der Waals surface area contributed by atoms with E-state index in [1.54, 1.807) is 20.8 Å². The van der Waals surface area contributed by atoms with Crippen molar-refractivity contribution >= 4 is 29.5 Å². The molecule has 0 aliphatic carbocycles. The van der Waals surface area contributed by atoms with Gasteiger partial charge in [0.05, 0.1) is 12.2 Å². The number of aryl methyl sites for hydroxylation is 1. The van der Waals surface area contributed by atoms with Gasteiger partial charge in [-0.1, -0.05) is 5.16 Å². The van der Waals surface area contributed by atoms with E-state index < -0.39 is 17.2 Å². The molecule has 134 valence electrons. The second-order valence-electron chi connectivity index (χ2n) is 5.42. The molecule has 10 heteroatoms. The lowest BCUT2D eigenvalue weighted by Gasteiger charge is -2.13. The van der Waals surface area contributed by atoms with Gasteiger partial charge in [0.25, 0.3) is 5.56 Å². The summed E-state index contributed by atoms with van der Waals surface area (Å²) in [4.78, 5) is 40.4. The van der Waals surface area contributed by atoms with E-state index in [0.29, 0.717) is 5.69 Å². The molecular formula is C15H20N6O4. The van der Waals surface area contributed by atoms with Crippen molar-refractivity contribution in [1.29, 1.82) is 0 Å². The van der Waals surface area contributed by atoms with Crippen molar-refractivity contribution in [1.82, 2.24) is 14.3 Å². The monoisotopic (exact) mass is 348 g/mol. The molecule has 0 saturated heterocycles. The van der Waals surface area contributed by atoms with Crippen LogP contribution in [0.25, 0.3) is 0 Å². The Kier molecular flexibility index (Phi) is 5.20. The maximum Gasteiger partial charge on any atom is 0.332 e. The average molecular weight is 348 g/mol. The summed E-state index contributed by atoms with van der Waals surface area (Å²) >= 11 is 0. The van der Waals surface area contributed by atoms with Gasteiger partial charge in [0.15, 0.2) is 5.82 Å². The molecule has 0 atom stereocenters. The molecule has 0 aromatic carbocycles. The smallest absolute Gasteiger partial charge is 0.332 e. The minimum Gasteiger partial charge on any atom is -0.369 e. The van der Waals surface area contributed by atoms with Gasteiger partial charge in [0.1, 0.15) is 5.69 Å². The number of anilines is 2. The highest BCUT2D eigenvalue weighted by Crippen LogP contribution is 2.19. The summed E-state index contributed by atoms with van der Waals surface area (Å²) in [7, 11) is 2.85. The zero-order valence-corrected chi connectivity index (χ0v) is 14.7. The van der Waals surface area contributed by atoms with E-state index in [4.69, 9.17) is 4.52 Å². The Morgan fingerprint density at radius 2 is 1.96 bits per heavy atom. The van der Waals surface area contributed by atoms with Crippen molar-refractivity contribution in [2.75, 3.05) is 17.2 Å². The van der Waals surface area contributed by atoms with E-state index in [0.717, 1.165) is 10.1 Å². The fraction of sp³-hybridized carbons (Fsp3) is 0.400. The molecule has 25 heavy (non-hydrogen) atoms. The molecule has 0 aliphatic rings. The Bertz CT molecular complexity index is 950. The van der Waals surface area contributed by atoms with E-state index in [1.165, 1.54) is 24.9 Å².